The SMILES string of the molecule is CN=C(NCC(C)SC)N1CCN(C/C=C/c2ccccc2)CC1.I. The van der Waals surface area contributed by atoms with Crippen LogP contribution in [0.1, 0.15) is 12.5 Å². The molecule has 25 heavy (non-hydrogen) atoms. The van der Waals surface area contributed by atoms with Crippen LogP contribution in [0.2, 0.25) is 0 Å². The minimum Gasteiger partial charge on any atom is -0.355 e. The average Bonchev–Trinajstić information content (AvgIpc) is 2.64. The van der Waals surface area contributed by atoms with Gasteiger partial charge in [0.25, 0.3) is 0 Å². The molecule has 1 aliphatic rings. The lowest BCUT2D eigenvalue weighted by atomic mass is 10.2. The predicted octanol–water partition coefficient (Wildman–Crippen LogP) is 3.26. The van der Waals surface area contributed by atoms with Gasteiger partial charge in [0.2, 0.25) is 0 Å². The molecule has 1 aliphatic heterocycles. The van der Waals surface area contributed by atoms with Crippen LogP contribution in [0.25, 0.3) is 6.08 Å². The number of aliphatic imine (C=N–C) groups is 1. The number of nitrogens with zero attached hydrogens (tertiary/aromatic N) is 3. The molecule has 0 saturated carbocycles. The number of hydrogen-bond acceptors (Lipinski definition) is 3. The number of benzene rings is 1. The van der Waals surface area contributed by atoms with Crippen molar-refractivity contribution in [1.82, 2.24) is 15.1 Å². The molecule has 1 N–H and O–H groups in total. The van der Waals surface area contributed by atoms with Gasteiger partial charge in [0.15, 0.2) is 5.96 Å². The Hall–Kier alpha value is -0.730. The van der Waals surface area contributed by atoms with Crippen molar-refractivity contribution in [2.75, 3.05) is 52.6 Å². The Morgan fingerprint density at radius 1 is 1.24 bits per heavy atom. The van der Waals surface area contributed by atoms with Gasteiger partial charge in [-0.15, -0.1) is 24.0 Å². The van der Waals surface area contributed by atoms with Gasteiger partial charge >= 0.3 is 0 Å². The molecule has 4 nitrogen and oxygen atoms in total. The third kappa shape index (κ3) is 8.00. The topological polar surface area (TPSA) is 30.9 Å². The van der Waals surface area contributed by atoms with Crippen LogP contribution >= 0.6 is 35.7 Å². The van der Waals surface area contributed by atoms with E-state index in [1.54, 1.807) is 0 Å². The summed E-state index contributed by atoms with van der Waals surface area (Å²) in [7, 11) is 1.88. The van der Waals surface area contributed by atoms with E-state index in [-0.39, 0.29) is 24.0 Å². The van der Waals surface area contributed by atoms with Crippen LogP contribution in [0.5, 0.6) is 0 Å². The van der Waals surface area contributed by atoms with E-state index < -0.39 is 0 Å². The highest BCUT2D eigenvalue weighted by molar-refractivity contribution is 14.0. The van der Waals surface area contributed by atoms with Crippen molar-refractivity contribution >= 4 is 47.8 Å². The number of thioether (sulfide) groups is 1. The van der Waals surface area contributed by atoms with E-state index in [2.05, 4.69) is 75.8 Å². The van der Waals surface area contributed by atoms with Crippen molar-refractivity contribution in [2.45, 2.75) is 12.2 Å². The maximum atomic E-state index is 4.43. The first kappa shape index (κ1) is 22.3. The molecule has 0 radical (unpaired) electrons. The Morgan fingerprint density at radius 3 is 2.52 bits per heavy atom. The van der Waals surface area contributed by atoms with Gasteiger partial charge in [-0.3, -0.25) is 9.89 Å². The Bertz CT molecular complexity index is 527. The summed E-state index contributed by atoms with van der Waals surface area (Å²) in [6.45, 7) is 8.45. The Morgan fingerprint density at radius 2 is 1.92 bits per heavy atom. The zero-order valence-corrected chi connectivity index (χ0v) is 18.7. The third-order valence-electron chi connectivity index (χ3n) is 4.31. The molecular weight excluding hydrogens is 443 g/mol. The van der Waals surface area contributed by atoms with E-state index in [0.29, 0.717) is 5.25 Å². The number of hydrogen-bond donors (Lipinski definition) is 1. The summed E-state index contributed by atoms with van der Waals surface area (Å²) in [6, 6.07) is 10.5. The summed E-state index contributed by atoms with van der Waals surface area (Å²) >= 11 is 1.88. The molecule has 6 heteroatoms. The molecule has 1 atom stereocenters. The van der Waals surface area contributed by atoms with Crippen LogP contribution in [0, 0.1) is 0 Å². The lowest BCUT2D eigenvalue weighted by Gasteiger charge is -2.36. The maximum Gasteiger partial charge on any atom is 0.193 e. The molecule has 1 aromatic rings. The number of nitrogens with one attached hydrogen (secondary N) is 1. The van der Waals surface area contributed by atoms with Crippen molar-refractivity contribution in [3.05, 3.63) is 42.0 Å². The smallest absolute Gasteiger partial charge is 0.193 e. The molecular formula is C19H31IN4S. The highest BCUT2D eigenvalue weighted by atomic mass is 127. The van der Waals surface area contributed by atoms with Crippen LogP contribution in [-0.4, -0.2) is 73.6 Å². The number of piperazine rings is 1. The molecule has 1 fully saturated rings. The molecule has 1 saturated heterocycles. The van der Waals surface area contributed by atoms with Crippen molar-refractivity contribution in [1.29, 1.82) is 0 Å². The first-order valence-electron chi connectivity index (χ1n) is 8.65. The fourth-order valence-electron chi connectivity index (χ4n) is 2.69. The summed E-state index contributed by atoms with van der Waals surface area (Å²) in [5.41, 5.74) is 1.27. The first-order chi connectivity index (χ1) is 11.7. The Balaban J connectivity index is 0.00000312. The van der Waals surface area contributed by atoms with Crippen LogP contribution in [0.15, 0.2) is 41.4 Å². The van der Waals surface area contributed by atoms with Crippen molar-refractivity contribution in [3.8, 4) is 0 Å². The summed E-state index contributed by atoms with van der Waals surface area (Å²) in [6.07, 6.45) is 6.62. The average molecular weight is 474 g/mol. The van der Waals surface area contributed by atoms with Gasteiger partial charge in [-0.1, -0.05) is 49.4 Å². The molecule has 0 amide bonds. The normalized spacial score (nSPS) is 17.4. The van der Waals surface area contributed by atoms with Gasteiger partial charge in [0, 0.05) is 51.6 Å². The van der Waals surface area contributed by atoms with Crippen molar-refractivity contribution in [3.63, 3.8) is 0 Å². The molecule has 1 aromatic carbocycles. The van der Waals surface area contributed by atoms with Gasteiger partial charge < -0.3 is 10.2 Å². The van der Waals surface area contributed by atoms with Crippen molar-refractivity contribution < 1.29 is 0 Å². The zero-order valence-electron chi connectivity index (χ0n) is 15.5. The highest BCUT2D eigenvalue weighted by Crippen LogP contribution is 2.06. The molecule has 1 heterocycles. The zero-order chi connectivity index (χ0) is 17.2. The van der Waals surface area contributed by atoms with Crippen LogP contribution in [0.3, 0.4) is 0 Å². The minimum atomic E-state index is 0. The second-order valence-electron chi connectivity index (χ2n) is 6.08. The molecule has 0 spiro atoms. The van der Waals surface area contributed by atoms with E-state index in [9.17, 15) is 0 Å². The molecule has 0 aromatic heterocycles. The summed E-state index contributed by atoms with van der Waals surface area (Å²) in [4.78, 5) is 9.29. The van der Waals surface area contributed by atoms with Crippen LogP contribution in [0.4, 0.5) is 0 Å². The fourth-order valence-corrected chi connectivity index (χ4v) is 2.94. The summed E-state index contributed by atoms with van der Waals surface area (Å²) in [5, 5.41) is 4.09. The fraction of sp³-hybridized carbons (Fsp3) is 0.526. The Labute approximate surface area is 174 Å². The third-order valence-corrected chi connectivity index (χ3v) is 5.28. The van der Waals surface area contributed by atoms with E-state index >= 15 is 0 Å². The number of rotatable bonds is 6. The monoisotopic (exact) mass is 474 g/mol. The second kappa shape index (κ2) is 12.6. The van der Waals surface area contributed by atoms with Gasteiger partial charge in [-0.05, 0) is 11.8 Å². The standard InChI is InChI=1S/C19H30N4S.HI/c1-17(24-3)16-21-19(20-2)23-14-12-22(13-15-23)11-7-10-18-8-5-4-6-9-18;/h4-10,17H,11-16H2,1-3H3,(H,20,21);1H/b10-7+;. The summed E-state index contributed by atoms with van der Waals surface area (Å²) in [5.74, 6) is 1.04. The molecule has 0 bridgehead atoms. The largest absolute Gasteiger partial charge is 0.355 e. The van der Waals surface area contributed by atoms with E-state index in [1.807, 2.05) is 18.8 Å². The van der Waals surface area contributed by atoms with E-state index in [4.69, 9.17) is 0 Å². The molecule has 0 aliphatic carbocycles. The van der Waals surface area contributed by atoms with Gasteiger partial charge in [-0.25, -0.2) is 0 Å². The lowest BCUT2D eigenvalue weighted by molar-refractivity contribution is 0.194. The molecule has 2 rings (SSSR count). The van der Waals surface area contributed by atoms with E-state index in [1.165, 1.54) is 5.56 Å². The van der Waals surface area contributed by atoms with Crippen LogP contribution in [-0.2, 0) is 0 Å². The Kier molecular flexibility index (Phi) is 11.2. The maximum absolute atomic E-state index is 4.43. The summed E-state index contributed by atoms with van der Waals surface area (Å²) < 4.78 is 0. The van der Waals surface area contributed by atoms with Gasteiger partial charge in [-0.2, -0.15) is 11.8 Å². The van der Waals surface area contributed by atoms with Gasteiger partial charge in [0.05, 0.1) is 0 Å². The number of halogens is 1. The number of guanidine groups is 1. The molecule has 140 valence electrons. The predicted molar refractivity (Wildman–Crippen MR) is 123 cm³/mol. The van der Waals surface area contributed by atoms with E-state index in [0.717, 1.165) is 45.2 Å². The lowest BCUT2D eigenvalue weighted by Crippen LogP contribution is -2.53. The molecule has 1 unspecified atom stereocenters. The van der Waals surface area contributed by atoms with Crippen molar-refractivity contribution in [2.24, 2.45) is 4.99 Å². The second-order valence-corrected chi connectivity index (χ2v) is 7.35. The van der Waals surface area contributed by atoms with Gasteiger partial charge in [0.1, 0.15) is 0 Å². The first-order valence-corrected chi connectivity index (χ1v) is 9.94. The quantitative estimate of drug-likeness (QED) is 0.390. The van der Waals surface area contributed by atoms with Crippen LogP contribution < -0.4 is 5.32 Å². The highest BCUT2D eigenvalue weighted by Gasteiger charge is 2.18. The minimum absolute atomic E-state index is 0.